The first kappa shape index (κ1) is 19.6. The van der Waals surface area contributed by atoms with E-state index >= 15 is 0 Å². The molecule has 6 rings (SSSR count). The number of nitrogens with zero attached hydrogens (tertiary/aromatic N) is 6. The van der Waals surface area contributed by atoms with Crippen LogP contribution in [0.3, 0.4) is 0 Å². The summed E-state index contributed by atoms with van der Waals surface area (Å²) in [7, 11) is 0. The highest BCUT2D eigenvalue weighted by Gasteiger charge is 2.27. The normalized spacial score (nSPS) is 16.8. The average Bonchev–Trinajstić information content (AvgIpc) is 3.52. The third kappa shape index (κ3) is 3.73. The lowest BCUT2D eigenvalue weighted by atomic mass is 9.97. The zero-order chi connectivity index (χ0) is 22.2. The van der Waals surface area contributed by atoms with Gasteiger partial charge in [-0.1, -0.05) is 30.3 Å². The van der Waals surface area contributed by atoms with Gasteiger partial charge in [-0.05, 0) is 53.6 Å². The number of nitrogens with one attached hydrogen (secondary N) is 1. The maximum atomic E-state index is 13.1. The summed E-state index contributed by atoms with van der Waals surface area (Å²) < 4.78 is 1.60. The van der Waals surface area contributed by atoms with Crippen LogP contribution < -0.4 is 10.2 Å². The van der Waals surface area contributed by atoms with Gasteiger partial charge in [0.1, 0.15) is 24.8 Å². The highest BCUT2D eigenvalue weighted by Crippen LogP contribution is 2.37. The first-order chi connectivity index (χ1) is 16.2. The van der Waals surface area contributed by atoms with Crippen molar-refractivity contribution in [1.29, 1.82) is 0 Å². The molecule has 1 unspecified atom stereocenters. The van der Waals surface area contributed by atoms with E-state index < -0.39 is 0 Å². The van der Waals surface area contributed by atoms with Crippen LogP contribution in [0.25, 0.3) is 16.9 Å². The summed E-state index contributed by atoms with van der Waals surface area (Å²) in [6.07, 6.45) is 7.31. The Morgan fingerprint density at radius 1 is 0.970 bits per heavy atom. The molecule has 0 bridgehead atoms. The first-order valence-corrected chi connectivity index (χ1v) is 11.2. The van der Waals surface area contributed by atoms with Gasteiger partial charge in [0.05, 0.1) is 5.92 Å². The number of hydrogen-bond donors (Lipinski definition) is 1. The Morgan fingerprint density at radius 3 is 2.76 bits per heavy atom. The first-order valence-electron chi connectivity index (χ1n) is 11.2. The summed E-state index contributed by atoms with van der Waals surface area (Å²) in [5.41, 5.74) is 6.02. The predicted molar refractivity (Wildman–Crippen MR) is 125 cm³/mol. The molecule has 164 valence electrons. The molecule has 2 aromatic heterocycles. The molecule has 4 aromatic rings. The molecule has 1 saturated heterocycles. The van der Waals surface area contributed by atoms with Gasteiger partial charge in [-0.15, -0.1) is 0 Å². The van der Waals surface area contributed by atoms with E-state index in [0.717, 1.165) is 37.3 Å². The van der Waals surface area contributed by atoms with Crippen LogP contribution in [0.2, 0.25) is 0 Å². The van der Waals surface area contributed by atoms with E-state index in [9.17, 15) is 4.79 Å². The van der Waals surface area contributed by atoms with Crippen LogP contribution in [0.1, 0.15) is 24.0 Å². The van der Waals surface area contributed by atoms with Gasteiger partial charge in [-0.25, -0.2) is 19.6 Å². The van der Waals surface area contributed by atoms with Gasteiger partial charge in [0.15, 0.2) is 5.82 Å². The topological polar surface area (TPSA) is 88.8 Å². The summed E-state index contributed by atoms with van der Waals surface area (Å²) in [6.45, 7) is 1.48. The molecule has 1 aliphatic carbocycles. The van der Waals surface area contributed by atoms with Crippen LogP contribution in [0.15, 0.2) is 67.5 Å². The number of rotatable bonds is 4. The molecule has 1 fully saturated rings. The quantitative estimate of drug-likeness (QED) is 0.463. The summed E-state index contributed by atoms with van der Waals surface area (Å²) in [4.78, 5) is 28.0. The number of hydrogen-bond acceptors (Lipinski definition) is 6. The number of benzene rings is 2. The van der Waals surface area contributed by atoms with E-state index in [2.05, 4.69) is 66.7 Å². The number of piperidine rings is 1. The molecule has 2 aliphatic rings. The largest absolute Gasteiger partial charge is 0.356 e. The summed E-state index contributed by atoms with van der Waals surface area (Å²) in [5, 5.41) is 7.29. The number of fused-ring (bicyclic) bond motifs is 3. The van der Waals surface area contributed by atoms with E-state index in [0.29, 0.717) is 12.4 Å². The van der Waals surface area contributed by atoms with Crippen molar-refractivity contribution in [1.82, 2.24) is 24.7 Å². The Bertz CT molecular complexity index is 1320. The third-order valence-corrected chi connectivity index (χ3v) is 6.47. The second-order valence-electron chi connectivity index (χ2n) is 8.55. The molecule has 0 radical (unpaired) electrons. The number of carbonyl (C=O) groups is 1. The van der Waals surface area contributed by atoms with E-state index in [1.54, 1.807) is 11.0 Å². The second-order valence-corrected chi connectivity index (χ2v) is 8.55. The molecular weight excluding hydrogens is 414 g/mol. The molecule has 33 heavy (non-hydrogen) atoms. The van der Waals surface area contributed by atoms with Crippen molar-refractivity contribution < 1.29 is 4.79 Å². The maximum Gasteiger partial charge on any atom is 0.229 e. The lowest BCUT2D eigenvalue weighted by molar-refractivity contribution is -0.120. The molecule has 0 saturated carbocycles. The summed E-state index contributed by atoms with van der Waals surface area (Å²) in [5.74, 6) is 1.40. The summed E-state index contributed by atoms with van der Waals surface area (Å²) in [6, 6.07) is 16.6. The molecular formula is C25H23N7O. The zero-order valence-electron chi connectivity index (χ0n) is 18.1. The van der Waals surface area contributed by atoms with Crippen molar-refractivity contribution in [2.24, 2.45) is 5.92 Å². The number of amides is 1. The van der Waals surface area contributed by atoms with Crippen molar-refractivity contribution in [3.8, 4) is 16.9 Å². The van der Waals surface area contributed by atoms with Crippen molar-refractivity contribution in [3.05, 3.63) is 78.6 Å². The molecule has 1 atom stereocenters. The minimum absolute atomic E-state index is 0.0562. The van der Waals surface area contributed by atoms with Crippen LogP contribution in [-0.4, -0.2) is 43.7 Å². The number of anilines is 2. The van der Waals surface area contributed by atoms with Gasteiger partial charge in [-0.2, -0.15) is 5.10 Å². The Morgan fingerprint density at radius 2 is 1.85 bits per heavy atom. The van der Waals surface area contributed by atoms with Crippen molar-refractivity contribution in [2.45, 2.75) is 19.3 Å². The van der Waals surface area contributed by atoms with Gasteiger partial charge in [0, 0.05) is 24.8 Å². The number of aromatic nitrogens is 5. The highest BCUT2D eigenvalue weighted by molar-refractivity contribution is 5.94. The van der Waals surface area contributed by atoms with Gasteiger partial charge in [-0.3, -0.25) is 4.79 Å². The fourth-order valence-electron chi connectivity index (χ4n) is 4.83. The predicted octanol–water partition coefficient (Wildman–Crippen LogP) is 3.48. The maximum absolute atomic E-state index is 13.1. The lowest BCUT2D eigenvalue weighted by Gasteiger charge is -2.32. The Balaban J connectivity index is 1.15. The van der Waals surface area contributed by atoms with E-state index in [1.807, 2.05) is 12.1 Å². The summed E-state index contributed by atoms with van der Waals surface area (Å²) >= 11 is 0. The Kier molecular flexibility index (Phi) is 4.83. The Hall–Kier alpha value is -4.07. The molecule has 2 aromatic carbocycles. The minimum Gasteiger partial charge on any atom is -0.356 e. The van der Waals surface area contributed by atoms with Crippen LogP contribution in [0.5, 0.6) is 0 Å². The SMILES string of the molecule is O=C(Nc1ccc2c(c1)Cc1ccccc1-2)C1CCCN(c2cc(-n3cncn3)ncn2)C1. The average molecular weight is 438 g/mol. The van der Waals surface area contributed by atoms with Crippen molar-refractivity contribution in [3.63, 3.8) is 0 Å². The number of carbonyl (C=O) groups excluding carboxylic acids is 1. The zero-order valence-corrected chi connectivity index (χ0v) is 18.1. The molecule has 0 spiro atoms. The monoisotopic (exact) mass is 437 g/mol. The Labute approximate surface area is 191 Å². The van der Waals surface area contributed by atoms with Gasteiger partial charge in [0.2, 0.25) is 5.91 Å². The van der Waals surface area contributed by atoms with Gasteiger partial charge >= 0.3 is 0 Å². The third-order valence-electron chi connectivity index (χ3n) is 6.47. The van der Waals surface area contributed by atoms with Crippen LogP contribution >= 0.6 is 0 Å². The van der Waals surface area contributed by atoms with Crippen molar-refractivity contribution in [2.75, 3.05) is 23.3 Å². The molecule has 1 amide bonds. The van der Waals surface area contributed by atoms with Crippen LogP contribution in [-0.2, 0) is 11.2 Å². The molecule has 3 heterocycles. The minimum atomic E-state index is -0.103. The van der Waals surface area contributed by atoms with Crippen molar-refractivity contribution >= 4 is 17.4 Å². The molecule has 1 aliphatic heterocycles. The highest BCUT2D eigenvalue weighted by atomic mass is 16.1. The van der Waals surface area contributed by atoms with Gasteiger partial charge in [0.25, 0.3) is 0 Å². The fourth-order valence-corrected chi connectivity index (χ4v) is 4.83. The van der Waals surface area contributed by atoms with Crippen LogP contribution in [0, 0.1) is 5.92 Å². The standard InChI is InChI=1S/C25H23N7O/c33-25(30-20-7-8-22-19(11-20)10-17-4-1-2-6-21(17)22)18-5-3-9-31(13-18)23-12-24(28-15-27-23)32-16-26-14-29-32/h1-2,4,6-8,11-12,14-16,18H,3,5,9-10,13H2,(H,30,33). The smallest absolute Gasteiger partial charge is 0.229 e. The molecule has 1 N–H and O–H groups in total. The van der Waals surface area contributed by atoms with E-state index in [1.165, 1.54) is 34.9 Å². The van der Waals surface area contributed by atoms with Crippen LogP contribution in [0.4, 0.5) is 11.5 Å². The molecule has 8 heteroatoms. The van der Waals surface area contributed by atoms with E-state index in [4.69, 9.17) is 0 Å². The second kappa shape index (κ2) is 8.12. The van der Waals surface area contributed by atoms with Gasteiger partial charge < -0.3 is 10.2 Å². The molecule has 8 nitrogen and oxygen atoms in total. The van der Waals surface area contributed by atoms with E-state index in [-0.39, 0.29) is 11.8 Å². The fraction of sp³-hybridized carbons (Fsp3) is 0.240. The lowest BCUT2D eigenvalue weighted by Crippen LogP contribution is -2.41.